The highest BCUT2D eigenvalue weighted by atomic mass is 79.9. The van der Waals surface area contributed by atoms with E-state index in [1.807, 2.05) is 0 Å². The van der Waals surface area contributed by atoms with Crippen molar-refractivity contribution in [1.29, 1.82) is 0 Å². The summed E-state index contributed by atoms with van der Waals surface area (Å²) in [5, 5.41) is 8.64. The molecular weight excluding hydrogens is 188 g/mol. The van der Waals surface area contributed by atoms with Crippen molar-refractivity contribution in [2.75, 3.05) is 5.33 Å². The second-order valence-electron chi connectivity index (χ2n) is 2.26. The van der Waals surface area contributed by atoms with Gasteiger partial charge in [-0.25, -0.2) is 4.79 Å². The van der Waals surface area contributed by atoms with Crippen LogP contribution in [0.1, 0.15) is 13.8 Å². The maximum absolute atomic E-state index is 9.93. The zero-order valence-electron chi connectivity index (χ0n) is 5.35. The fourth-order valence-corrected chi connectivity index (χ4v) is 0.378. The molecular formula is C5H9BrO3. The maximum atomic E-state index is 9.93. The Morgan fingerprint density at radius 1 is 1.78 bits per heavy atom. The minimum atomic E-state index is -1.24. The highest BCUT2D eigenvalue weighted by Crippen LogP contribution is 2.11. The Hall–Kier alpha value is -0.250. The number of halogens is 1. The predicted molar refractivity (Wildman–Crippen MR) is 37.0 cm³/mol. The fraction of sp³-hybridized carbons (Fsp3) is 0.800. The molecule has 54 valence electrons. The quantitative estimate of drug-likeness (QED) is 0.542. The van der Waals surface area contributed by atoms with E-state index in [9.17, 15) is 4.79 Å². The molecule has 0 aromatic carbocycles. The Morgan fingerprint density at radius 2 is 2.22 bits per heavy atom. The van der Waals surface area contributed by atoms with Gasteiger partial charge in [-0.05, 0) is 13.8 Å². The van der Waals surface area contributed by atoms with Crippen LogP contribution < -0.4 is 0 Å². The van der Waals surface area contributed by atoms with Crippen molar-refractivity contribution in [2.24, 2.45) is 0 Å². The first-order valence-electron chi connectivity index (χ1n) is 2.46. The van der Waals surface area contributed by atoms with Crippen molar-refractivity contribution in [3.8, 4) is 0 Å². The molecule has 0 aliphatic carbocycles. The molecule has 0 aromatic heterocycles. The Labute approximate surface area is 62.1 Å². The lowest BCUT2D eigenvalue weighted by Gasteiger charge is -2.19. The first-order chi connectivity index (χ1) is 3.98. The van der Waals surface area contributed by atoms with E-state index in [0.29, 0.717) is 5.33 Å². The molecule has 0 radical (unpaired) electrons. The van der Waals surface area contributed by atoms with Gasteiger partial charge >= 0.3 is 6.16 Å². The van der Waals surface area contributed by atoms with Crippen LogP contribution in [0.25, 0.3) is 0 Å². The van der Waals surface area contributed by atoms with Crippen molar-refractivity contribution >= 4 is 22.1 Å². The van der Waals surface area contributed by atoms with Gasteiger partial charge in [-0.1, -0.05) is 15.9 Å². The summed E-state index contributed by atoms with van der Waals surface area (Å²) in [5.74, 6) is 0. The minimum Gasteiger partial charge on any atom is -0.450 e. The molecule has 0 saturated heterocycles. The van der Waals surface area contributed by atoms with Crippen LogP contribution in [0, 0.1) is 0 Å². The van der Waals surface area contributed by atoms with E-state index in [1.165, 1.54) is 0 Å². The lowest BCUT2D eigenvalue weighted by molar-refractivity contribution is 0.0184. The fourth-order valence-electron chi connectivity index (χ4n) is 0.264. The molecule has 9 heavy (non-hydrogen) atoms. The topological polar surface area (TPSA) is 46.5 Å². The van der Waals surface area contributed by atoms with Gasteiger partial charge in [0.05, 0.1) is 0 Å². The monoisotopic (exact) mass is 196 g/mol. The summed E-state index contributed by atoms with van der Waals surface area (Å²) in [7, 11) is 0. The van der Waals surface area contributed by atoms with E-state index in [2.05, 4.69) is 20.7 Å². The first kappa shape index (κ1) is 8.75. The summed E-state index contributed by atoms with van der Waals surface area (Å²) in [5.41, 5.74) is -0.619. The molecule has 3 nitrogen and oxygen atoms in total. The standard InChI is InChI=1S/C5H9BrO3/c1-5(2,3-6)9-4(7)8/h3H2,1-2H3,(H,7,8). The molecule has 0 spiro atoms. The van der Waals surface area contributed by atoms with Crippen LogP contribution >= 0.6 is 15.9 Å². The molecule has 0 aliphatic rings. The summed E-state index contributed by atoms with van der Waals surface area (Å²) in [6, 6.07) is 0. The van der Waals surface area contributed by atoms with Gasteiger partial charge in [0.25, 0.3) is 0 Å². The highest BCUT2D eigenvalue weighted by molar-refractivity contribution is 9.09. The van der Waals surface area contributed by atoms with Gasteiger partial charge in [0.1, 0.15) is 5.60 Å². The predicted octanol–water partition coefficient (Wildman–Crippen LogP) is 1.85. The van der Waals surface area contributed by atoms with Gasteiger partial charge in [-0.3, -0.25) is 0 Å². The smallest absolute Gasteiger partial charge is 0.450 e. The second-order valence-corrected chi connectivity index (χ2v) is 2.82. The Balaban J connectivity index is 3.71. The number of hydrogen-bond acceptors (Lipinski definition) is 2. The van der Waals surface area contributed by atoms with Gasteiger partial charge in [-0.15, -0.1) is 0 Å². The molecule has 0 aromatic rings. The first-order valence-corrected chi connectivity index (χ1v) is 3.58. The van der Waals surface area contributed by atoms with Crippen LogP contribution in [0.15, 0.2) is 0 Å². The van der Waals surface area contributed by atoms with E-state index in [-0.39, 0.29) is 0 Å². The largest absolute Gasteiger partial charge is 0.506 e. The molecule has 4 heteroatoms. The van der Waals surface area contributed by atoms with Crippen molar-refractivity contribution in [3.05, 3.63) is 0 Å². The number of carboxylic acid groups (broad SMARTS) is 1. The second kappa shape index (κ2) is 3.06. The molecule has 0 amide bonds. The SMILES string of the molecule is CC(C)(CBr)OC(=O)O. The number of carbonyl (C=O) groups is 1. The van der Waals surface area contributed by atoms with Gasteiger partial charge in [0, 0.05) is 5.33 Å². The molecule has 0 fully saturated rings. The van der Waals surface area contributed by atoms with Crippen LogP contribution in [-0.2, 0) is 4.74 Å². The van der Waals surface area contributed by atoms with Crippen LogP contribution in [0.5, 0.6) is 0 Å². The average molecular weight is 197 g/mol. The highest BCUT2D eigenvalue weighted by Gasteiger charge is 2.20. The van der Waals surface area contributed by atoms with E-state index < -0.39 is 11.8 Å². The summed E-state index contributed by atoms with van der Waals surface area (Å²) >= 11 is 3.11. The van der Waals surface area contributed by atoms with Crippen LogP contribution in [-0.4, -0.2) is 22.2 Å². The van der Waals surface area contributed by atoms with E-state index in [0.717, 1.165) is 0 Å². The van der Waals surface area contributed by atoms with Crippen LogP contribution in [0.3, 0.4) is 0 Å². The molecule has 0 atom stereocenters. The lowest BCUT2D eigenvalue weighted by Crippen LogP contribution is -2.28. The molecule has 0 rings (SSSR count). The lowest BCUT2D eigenvalue weighted by atomic mass is 10.2. The third-order valence-electron chi connectivity index (χ3n) is 0.685. The summed E-state index contributed by atoms with van der Waals surface area (Å²) < 4.78 is 4.46. The zero-order valence-corrected chi connectivity index (χ0v) is 6.93. The zero-order chi connectivity index (χ0) is 7.49. The van der Waals surface area contributed by atoms with Gasteiger partial charge in [0.15, 0.2) is 0 Å². The van der Waals surface area contributed by atoms with E-state index in [1.54, 1.807) is 13.8 Å². The van der Waals surface area contributed by atoms with Crippen molar-refractivity contribution in [2.45, 2.75) is 19.4 Å². The molecule has 0 heterocycles. The van der Waals surface area contributed by atoms with E-state index in [4.69, 9.17) is 5.11 Å². The third kappa shape index (κ3) is 4.27. The Morgan fingerprint density at radius 3 is 2.33 bits per heavy atom. The average Bonchev–Trinajstić information content (AvgIpc) is 1.63. The molecule has 0 unspecified atom stereocenters. The van der Waals surface area contributed by atoms with Crippen molar-refractivity contribution in [1.82, 2.24) is 0 Å². The number of alkyl halides is 1. The summed E-state index contributed by atoms with van der Waals surface area (Å²) in [4.78, 5) is 9.93. The van der Waals surface area contributed by atoms with Crippen molar-refractivity contribution in [3.63, 3.8) is 0 Å². The molecule has 0 aliphatic heterocycles. The number of rotatable bonds is 2. The summed E-state index contributed by atoms with van der Waals surface area (Å²) in [6.45, 7) is 3.38. The summed E-state index contributed by atoms with van der Waals surface area (Å²) in [6.07, 6.45) is -1.24. The van der Waals surface area contributed by atoms with Gasteiger partial charge in [-0.2, -0.15) is 0 Å². The van der Waals surface area contributed by atoms with Crippen molar-refractivity contribution < 1.29 is 14.6 Å². The number of hydrogen-bond donors (Lipinski definition) is 1. The minimum absolute atomic E-state index is 0.506. The number of ether oxygens (including phenoxy) is 1. The van der Waals surface area contributed by atoms with Crippen LogP contribution in [0.4, 0.5) is 4.79 Å². The third-order valence-corrected chi connectivity index (χ3v) is 2.04. The molecule has 1 N–H and O–H groups in total. The van der Waals surface area contributed by atoms with E-state index >= 15 is 0 Å². The normalized spacial score (nSPS) is 11.0. The Bertz CT molecular complexity index is 111. The maximum Gasteiger partial charge on any atom is 0.506 e. The van der Waals surface area contributed by atoms with Crippen LogP contribution in [0.2, 0.25) is 0 Å². The van der Waals surface area contributed by atoms with Gasteiger partial charge in [0.2, 0.25) is 0 Å². The molecule has 0 saturated carbocycles. The van der Waals surface area contributed by atoms with Gasteiger partial charge < -0.3 is 9.84 Å². The Kier molecular flexibility index (Phi) is 2.97. The molecule has 0 bridgehead atoms.